The molecule has 5 aliphatic rings. The van der Waals surface area contributed by atoms with E-state index in [0.717, 1.165) is 80.5 Å². The first kappa shape index (κ1) is 43.8. The van der Waals surface area contributed by atoms with Gasteiger partial charge >= 0.3 is 12.4 Å². The van der Waals surface area contributed by atoms with Crippen LogP contribution in [-0.4, -0.2) is 51.4 Å². The third-order valence-electron chi connectivity index (χ3n) is 12.8. The molecule has 3 aromatic carbocycles. The second-order valence-corrected chi connectivity index (χ2v) is 17.5. The maximum atomic E-state index is 14.2. The number of aryl methyl sites for hydroxylation is 2. The lowest BCUT2D eigenvalue weighted by Gasteiger charge is -2.33. The second-order valence-electron chi connectivity index (χ2n) is 17.5. The molecule has 1 saturated heterocycles. The standard InChI is InChI=1S/C51H46F6N10/c1-30-11-9-19-58-45(30)60-41-25-33(32-13-5-3-6-14-32)15-17-39(41)43-28-38-29-44(40-18-16-37(66-21-7-4-8-22-66)27-42(40)61-46-31(2)12-10-20-59-46)63-49-65-47(64-48(62-43)67(38)49)34-23-35(50(52,53)54)26-36(24-34)51(55,56)57/h9-12,15-20,23-29,32H,3-8,13-14,21-22H2,1-2H3,(H,58,60)(H,59,61). The summed E-state index contributed by atoms with van der Waals surface area (Å²) < 4.78 is 85.5. The number of pyridine rings is 2. The summed E-state index contributed by atoms with van der Waals surface area (Å²) in [6.45, 7) is 5.71. The molecule has 0 amide bonds. The number of hydrogen-bond donors (Lipinski definition) is 2. The predicted octanol–water partition coefficient (Wildman–Crippen LogP) is 12.9. The van der Waals surface area contributed by atoms with Crippen LogP contribution in [0, 0.1) is 13.8 Å². The van der Waals surface area contributed by atoms with Gasteiger partial charge in [-0.25, -0.2) is 24.9 Å². The van der Waals surface area contributed by atoms with Crippen molar-refractivity contribution in [1.82, 2.24) is 14.9 Å². The maximum Gasteiger partial charge on any atom is 0.416 e. The Kier molecular flexibility index (Phi) is 11.5. The molecule has 2 N–H and O–H groups in total. The normalized spacial score (nSPS) is 17.7. The van der Waals surface area contributed by atoms with E-state index in [1.165, 1.54) is 12.0 Å². The van der Waals surface area contributed by atoms with Crippen LogP contribution >= 0.6 is 0 Å². The van der Waals surface area contributed by atoms with E-state index in [9.17, 15) is 26.3 Å². The van der Waals surface area contributed by atoms with Crippen LogP contribution in [0.25, 0.3) is 5.70 Å². The van der Waals surface area contributed by atoms with E-state index in [1.807, 2.05) is 68.5 Å². The van der Waals surface area contributed by atoms with Gasteiger partial charge in [-0.05, 0) is 135 Å². The van der Waals surface area contributed by atoms with Crippen molar-refractivity contribution in [3.05, 3.63) is 154 Å². The van der Waals surface area contributed by atoms with Crippen molar-refractivity contribution in [1.29, 1.82) is 0 Å². The van der Waals surface area contributed by atoms with Crippen molar-refractivity contribution >= 4 is 57.9 Å². The second kappa shape index (κ2) is 17.6. The third-order valence-corrected chi connectivity index (χ3v) is 12.8. The zero-order valence-corrected chi connectivity index (χ0v) is 36.8. The molecule has 67 heavy (non-hydrogen) atoms. The highest BCUT2D eigenvalue weighted by molar-refractivity contribution is 6.27. The molecule has 0 radical (unpaired) electrons. The Bertz CT molecular complexity index is 2810. The van der Waals surface area contributed by atoms with Crippen LogP contribution in [0.1, 0.15) is 102 Å². The number of rotatable bonds is 9. The number of hydrogen-bond acceptors (Lipinski definition) is 10. The first-order valence-corrected chi connectivity index (χ1v) is 22.5. The number of halogens is 6. The summed E-state index contributed by atoms with van der Waals surface area (Å²) >= 11 is 0. The lowest BCUT2D eigenvalue weighted by Crippen LogP contribution is -2.42. The van der Waals surface area contributed by atoms with Crippen LogP contribution in [0.5, 0.6) is 0 Å². The van der Waals surface area contributed by atoms with Gasteiger partial charge in [0, 0.05) is 53.5 Å². The number of piperidine rings is 1. The van der Waals surface area contributed by atoms with Crippen LogP contribution < -0.4 is 15.5 Å². The fourth-order valence-electron chi connectivity index (χ4n) is 9.28. The molecule has 5 aromatic rings. The van der Waals surface area contributed by atoms with Gasteiger partial charge < -0.3 is 15.5 Å². The molecule has 6 heterocycles. The zero-order valence-electron chi connectivity index (χ0n) is 36.8. The fourth-order valence-corrected chi connectivity index (χ4v) is 9.28. The number of guanidine groups is 2. The van der Waals surface area contributed by atoms with Crippen LogP contribution in [0.15, 0.2) is 129 Å². The molecule has 0 atom stereocenters. The molecule has 1 aliphatic carbocycles. The van der Waals surface area contributed by atoms with E-state index in [1.54, 1.807) is 17.3 Å². The summed E-state index contributed by atoms with van der Waals surface area (Å²) in [6, 6.07) is 21.2. The molecular weight excluding hydrogens is 867 g/mol. The molecular formula is C51H46F6N10. The average Bonchev–Trinajstić information content (AvgIpc) is 3.32. The van der Waals surface area contributed by atoms with Gasteiger partial charge in [-0.2, -0.15) is 36.3 Å². The van der Waals surface area contributed by atoms with Crippen molar-refractivity contribution in [3.63, 3.8) is 0 Å². The molecule has 0 unspecified atom stereocenters. The highest BCUT2D eigenvalue weighted by Crippen LogP contribution is 2.42. The third kappa shape index (κ3) is 9.08. The average molecular weight is 913 g/mol. The Morgan fingerprint density at radius 2 is 1.21 bits per heavy atom. The van der Waals surface area contributed by atoms with E-state index in [2.05, 4.69) is 53.7 Å². The van der Waals surface area contributed by atoms with Crippen molar-refractivity contribution in [2.24, 2.45) is 20.0 Å². The van der Waals surface area contributed by atoms with E-state index in [0.29, 0.717) is 63.6 Å². The zero-order chi connectivity index (χ0) is 46.5. The van der Waals surface area contributed by atoms with Gasteiger partial charge in [0.05, 0.1) is 33.9 Å². The fraction of sp³-hybridized carbons (Fsp3) is 0.294. The molecule has 0 spiro atoms. The van der Waals surface area contributed by atoms with E-state index >= 15 is 0 Å². The van der Waals surface area contributed by atoms with Gasteiger partial charge in [-0.3, -0.25) is 0 Å². The summed E-state index contributed by atoms with van der Waals surface area (Å²) in [5.41, 5.74) is 4.69. The topological polar surface area (TPSA) is 106 Å². The number of aromatic nitrogens is 2. The van der Waals surface area contributed by atoms with Crippen LogP contribution in [-0.2, 0) is 12.4 Å². The maximum absolute atomic E-state index is 14.2. The molecule has 342 valence electrons. The number of benzene rings is 3. The van der Waals surface area contributed by atoms with Gasteiger partial charge in [-0.1, -0.05) is 43.5 Å². The van der Waals surface area contributed by atoms with Gasteiger partial charge in [0.2, 0.25) is 11.9 Å². The largest absolute Gasteiger partial charge is 0.416 e. The summed E-state index contributed by atoms with van der Waals surface area (Å²) in [5.74, 6) is 1.17. The molecule has 1 saturated carbocycles. The Balaban J connectivity index is 1.16. The smallest absolute Gasteiger partial charge is 0.371 e. The van der Waals surface area contributed by atoms with Crippen molar-refractivity contribution in [3.8, 4) is 0 Å². The predicted molar refractivity (Wildman–Crippen MR) is 252 cm³/mol. The van der Waals surface area contributed by atoms with E-state index < -0.39 is 34.9 Å². The first-order valence-electron chi connectivity index (χ1n) is 22.5. The highest BCUT2D eigenvalue weighted by atomic mass is 19.4. The minimum Gasteiger partial charge on any atom is -0.371 e. The van der Waals surface area contributed by atoms with E-state index in [4.69, 9.17) is 9.98 Å². The van der Waals surface area contributed by atoms with Crippen molar-refractivity contribution in [2.45, 2.75) is 83.5 Å². The number of anilines is 5. The number of nitrogens with one attached hydrogen (secondary N) is 2. The van der Waals surface area contributed by atoms with Crippen LogP contribution in [0.2, 0.25) is 0 Å². The minimum atomic E-state index is -5.09. The summed E-state index contributed by atoms with van der Waals surface area (Å²) in [7, 11) is 0. The Morgan fingerprint density at radius 3 is 1.85 bits per heavy atom. The van der Waals surface area contributed by atoms with E-state index in [-0.39, 0.29) is 18.0 Å². The quantitative estimate of drug-likeness (QED) is 0.143. The lowest BCUT2D eigenvalue weighted by molar-refractivity contribution is -0.143. The Hall–Kier alpha value is -7.10. The van der Waals surface area contributed by atoms with Crippen LogP contribution in [0.4, 0.5) is 55.0 Å². The number of alkyl halides is 6. The summed E-state index contributed by atoms with van der Waals surface area (Å²) in [6.07, 6.45) is 5.85. The Morgan fingerprint density at radius 1 is 0.597 bits per heavy atom. The molecule has 10 rings (SSSR count). The molecule has 0 bridgehead atoms. The van der Waals surface area contributed by atoms with Crippen molar-refractivity contribution < 1.29 is 26.3 Å². The first-order chi connectivity index (χ1) is 32.2. The molecule has 10 nitrogen and oxygen atoms in total. The molecule has 16 heteroatoms. The SMILES string of the molecule is Cc1cccnc1Nc1cc(C2CCCCC2)ccc1C1=CC2=CC(c3ccc(N4CCCCC4)cc3Nc3ncccc3C)=NC3=NC(c4cc(C(F)(F)F)cc(C(F)(F)F)c4)=NC(=N1)N23. The van der Waals surface area contributed by atoms with Crippen LogP contribution in [0.3, 0.4) is 0 Å². The van der Waals surface area contributed by atoms with Crippen molar-refractivity contribution in [2.75, 3.05) is 28.6 Å². The lowest BCUT2D eigenvalue weighted by atomic mass is 9.83. The number of amidine groups is 1. The van der Waals surface area contributed by atoms with Gasteiger partial charge in [0.25, 0.3) is 0 Å². The summed E-state index contributed by atoms with van der Waals surface area (Å²) in [4.78, 5) is 32.3. The minimum absolute atomic E-state index is 0.0308. The number of aliphatic imine (C=N–C) groups is 4. The molecule has 2 aromatic heterocycles. The summed E-state index contributed by atoms with van der Waals surface area (Å²) in [5, 5.41) is 7.08. The molecule has 4 aliphatic heterocycles. The highest BCUT2D eigenvalue weighted by Gasteiger charge is 2.39. The monoisotopic (exact) mass is 912 g/mol. The Labute approximate surface area is 383 Å². The number of allylic oxidation sites excluding steroid dienone is 2. The van der Waals surface area contributed by atoms with Gasteiger partial charge in [0.1, 0.15) is 11.6 Å². The van der Waals surface area contributed by atoms with Gasteiger partial charge in [0.15, 0.2) is 5.84 Å². The van der Waals surface area contributed by atoms with Gasteiger partial charge in [-0.15, -0.1) is 0 Å². The number of nitrogens with zero attached hydrogens (tertiary/aromatic N) is 8. The molecule has 2 fully saturated rings.